The first-order valence-corrected chi connectivity index (χ1v) is 11.5. The Morgan fingerprint density at radius 1 is 1.17 bits per heavy atom. The minimum absolute atomic E-state index is 0.619. The standard InChI is InChI=1S/C19H23N3OSi/c1-14(15-9-10-17-18(11-15)22-13-21-17)20-12-16-7-5-6-8-19(16)23-24(2,3)4/h5-11,13H,12H2,1-4H3,(H,21,22). The average Bonchev–Trinajstić information content (AvgIpc) is 2.99. The first-order valence-electron chi connectivity index (χ1n) is 8.14. The van der Waals surface area contributed by atoms with Crippen LogP contribution in [0.25, 0.3) is 11.0 Å². The SMILES string of the molecule is CC(=NCc1ccccc1O[Si](C)(C)C)c1ccc2nc[nH]c2c1. The molecule has 124 valence electrons. The Hall–Kier alpha value is -2.40. The van der Waals surface area contributed by atoms with E-state index in [9.17, 15) is 0 Å². The summed E-state index contributed by atoms with van der Waals surface area (Å²) in [7, 11) is -1.63. The molecule has 3 rings (SSSR count). The van der Waals surface area contributed by atoms with Crippen LogP contribution in [0.5, 0.6) is 5.75 Å². The lowest BCUT2D eigenvalue weighted by Gasteiger charge is -2.21. The molecule has 0 saturated carbocycles. The quantitative estimate of drug-likeness (QED) is 0.538. The van der Waals surface area contributed by atoms with E-state index in [1.165, 1.54) is 0 Å². The first-order chi connectivity index (χ1) is 11.4. The highest BCUT2D eigenvalue weighted by atomic mass is 28.4. The summed E-state index contributed by atoms with van der Waals surface area (Å²) in [6, 6.07) is 14.3. The highest BCUT2D eigenvalue weighted by Crippen LogP contribution is 2.23. The van der Waals surface area contributed by atoms with Gasteiger partial charge in [0.15, 0.2) is 0 Å². The van der Waals surface area contributed by atoms with Crippen LogP contribution in [-0.2, 0) is 6.54 Å². The van der Waals surface area contributed by atoms with Crippen LogP contribution in [0.3, 0.4) is 0 Å². The number of fused-ring (bicyclic) bond motifs is 1. The van der Waals surface area contributed by atoms with Gasteiger partial charge in [0.2, 0.25) is 8.32 Å². The van der Waals surface area contributed by atoms with Crippen molar-refractivity contribution in [3.05, 3.63) is 59.9 Å². The molecule has 0 aliphatic heterocycles. The van der Waals surface area contributed by atoms with Gasteiger partial charge >= 0.3 is 0 Å². The Morgan fingerprint density at radius 3 is 2.75 bits per heavy atom. The van der Waals surface area contributed by atoms with Crippen LogP contribution in [0.4, 0.5) is 0 Å². The molecular formula is C19H23N3OSi. The number of hydrogen-bond donors (Lipinski definition) is 1. The summed E-state index contributed by atoms with van der Waals surface area (Å²) in [6.45, 7) is 9.24. The fourth-order valence-electron chi connectivity index (χ4n) is 2.52. The largest absolute Gasteiger partial charge is 0.544 e. The molecule has 0 unspecified atom stereocenters. The molecule has 0 fully saturated rings. The molecule has 1 N–H and O–H groups in total. The molecule has 0 saturated heterocycles. The van der Waals surface area contributed by atoms with Gasteiger partial charge in [-0.3, -0.25) is 4.99 Å². The number of aromatic nitrogens is 2. The van der Waals surface area contributed by atoms with Gasteiger partial charge in [0.25, 0.3) is 0 Å². The molecule has 5 heteroatoms. The van der Waals surface area contributed by atoms with E-state index < -0.39 is 8.32 Å². The number of aromatic amines is 1. The molecule has 1 aromatic heterocycles. The van der Waals surface area contributed by atoms with Gasteiger partial charge in [-0.2, -0.15) is 0 Å². The fraction of sp³-hybridized carbons (Fsp3) is 0.263. The summed E-state index contributed by atoms with van der Waals surface area (Å²) >= 11 is 0. The third-order valence-corrected chi connectivity index (χ3v) is 4.55. The fourth-order valence-corrected chi connectivity index (χ4v) is 3.38. The normalized spacial score (nSPS) is 12.6. The van der Waals surface area contributed by atoms with Gasteiger partial charge in [0.1, 0.15) is 5.75 Å². The third kappa shape index (κ3) is 3.92. The Kier molecular flexibility index (Phi) is 4.53. The number of nitrogens with zero attached hydrogens (tertiary/aromatic N) is 2. The molecule has 24 heavy (non-hydrogen) atoms. The van der Waals surface area contributed by atoms with Gasteiger partial charge in [-0.25, -0.2) is 4.98 Å². The number of aliphatic imine (C=N–C) groups is 1. The van der Waals surface area contributed by atoms with E-state index in [1.54, 1.807) is 6.33 Å². The zero-order valence-corrected chi connectivity index (χ0v) is 15.6. The maximum Gasteiger partial charge on any atom is 0.242 e. The maximum absolute atomic E-state index is 6.17. The number of benzene rings is 2. The summed E-state index contributed by atoms with van der Waals surface area (Å²) in [5.74, 6) is 0.956. The molecule has 4 nitrogen and oxygen atoms in total. The molecule has 0 bridgehead atoms. The van der Waals surface area contributed by atoms with Crippen molar-refractivity contribution < 1.29 is 4.43 Å². The van der Waals surface area contributed by atoms with Gasteiger partial charge in [0, 0.05) is 11.3 Å². The van der Waals surface area contributed by atoms with Crippen molar-refractivity contribution in [2.24, 2.45) is 4.99 Å². The Labute approximate surface area is 143 Å². The molecule has 3 aromatic rings. The van der Waals surface area contributed by atoms with Crippen molar-refractivity contribution in [3.63, 3.8) is 0 Å². The predicted octanol–water partition coefficient (Wildman–Crippen LogP) is 4.79. The molecule has 0 amide bonds. The molecule has 0 atom stereocenters. The van der Waals surface area contributed by atoms with Crippen LogP contribution >= 0.6 is 0 Å². The molecule has 1 heterocycles. The van der Waals surface area contributed by atoms with Gasteiger partial charge < -0.3 is 9.41 Å². The van der Waals surface area contributed by atoms with Crippen molar-refractivity contribution in [3.8, 4) is 5.75 Å². The lowest BCUT2D eigenvalue weighted by molar-refractivity contribution is 0.549. The van der Waals surface area contributed by atoms with Crippen LogP contribution < -0.4 is 4.43 Å². The number of imidazole rings is 1. The second kappa shape index (κ2) is 6.61. The first kappa shape index (κ1) is 16.5. The van der Waals surface area contributed by atoms with E-state index in [1.807, 2.05) is 31.2 Å². The summed E-state index contributed by atoms with van der Waals surface area (Å²) in [5.41, 5.74) is 5.25. The zero-order chi connectivity index (χ0) is 17.2. The van der Waals surface area contributed by atoms with E-state index in [2.05, 4.69) is 47.8 Å². The Balaban J connectivity index is 1.82. The topological polar surface area (TPSA) is 50.3 Å². The molecule has 0 aliphatic carbocycles. The van der Waals surface area contributed by atoms with Gasteiger partial charge in [-0.1, -0.05) is 24.3 Å². The summed E-state index contributed by atoms with van der Waals surface area (Å²) in [5, 5.41) is 0. The van der Waals surface area contributed by atoms with Crippen LogP contribution in [0.1, 0.15) is 18.1 Å². The summed E-state index contributed by atoms with van der Waals surface area (Å²) in [4.78, 5) is 12.2. The van der Waals surface area contributed by atoms with E-state index in [4.69, 9.17) is 9.42 Å². The number of nitrogens with one attached hydrogen (secondary N) is 1. The van der Waals surface area contributed by atoms with Crippen molar-refractivity contribution in [2.75, 3.05) is 0 Å². The molecule has 2 aromatic carbocycles. The number of rotatable bonds is 5. The predicted molar refractivity (Wildman–Crippen MR) is 102 cm³/mol. The van der Waals surface area contributed by atoms with Crippen LogP contribution in [0.2, 0.25) is 19.6 Å². The highest BCUT2D eigenvalue weighted by Gasteiger charge is 2.17. The Bertz CT molecular complexity index is 877. The van der Waals surface area contributed by atoms with E-state index in [0.29, 0.717) is 6.54 Å². The third-order valence-electron chi connectivity index (χ3n) is 3.71. The second-order valence-corrected chi connectivity index (χ2v) is 11.3. The molecule has 0 spiro atoms. The zero-order valence-electron chi connectivity index (χ0n) is 14.6. The lowest BCUT2D eigenvalue weighted by Crippen LogP contribution is -2.29. The smallest absolute Gasteiger partial charge is 0.242 e. The molecular weight excluding hydrogens is 314 g/mol. The molecule has 0 aliphatic rings. The van der Waals surface area contributed by atoms with Crippen molar-refractivity contribution >= 4 is 25.1 Å². The number of para-hydroxylation sites is 1. The van der Waals surface area contributed by atoms with Crippen LogP contribution in [-0.4, -0.2) is 24.0 Å². The van der Waals surface area contributed by atoms with Crippen molar-refractivity contribution in [2.45, 2.75) is 33.1 Å². The molecule has 0 radical (unpaired) electrons. The Morgan fingerprint density at radius 2 is 1.96 bits per heavy atom. The number of H-pyrrole nitrogens is 1. The minimum atomic E-state index is -1.63. The van der Waals surface area contributed by atoms with Crippen LogP contribution in [0.15, 0.2) is 53.8 Å². The lowest BCUT2D eigenvalue weighted by atomic mass is 10.1. The van der Waals surface area contributed by atoms with E-state index in [0.717, 1.165) is 33.6 Å². The van der Waals surface area contributed by atoms with Gasteiger partial charge in [-0.05, 0) is 50.3 Å². The number of hydrogen-bond acceptors (Lipinski definition) is 3. The summed E-state index contributed by atoms with van der Waals surface area (Å²) < 4.78 is 6.17. The van der Waals surface area contributed by atoms with Crippen molar-refractivity contribution in [1.29, 1.82) is 0 Å². The average molecular weight is 337 g/mol. The van der Waals surface area contributed by atoms with E-state index in [-0.39, 0.29) is 0 Å². The van der Waals surface area contributed by atoms with Gasteiger partial charge in [0.05, 0.1) is 23.9 Å². The summed E-state index contributed by atoms with van der Waals surface area (Å²) in [6.07, 6.45) is 1.71. The highest BCUT2D eigenvalue weighted by molar-refractivity contribution is 6.70. The van der Waals surface area contributed by atoms with Crippen molar-refractivity contribution in [1.82, 2.24) is 9.97 Å². The maximum atomic E-state index is 6.17. The van der Waals surface area contributed by atoms with E-state index >= 15 is 0 Å². The van der Waals surface area contributed by atoms with Gasteiger partial charge in [-0.15, -0.1) is 0 Å². The van der Waals surface area contributed by atoms with Crippen LogP contribution in [0, 0.1) is 0 Å². The monoisotopic (exact) mass is 337 g/mol. The minimum Gasteiger partial charge on any atom is -0.544 e. The second-order valence-electron chi connectivity index (χ2n) is 6.86.